The third-order valence-corrected chi connectivity index (χ3v) is 14.9. The van der Waals surface area contributed by atoms with E-state index in [1.807, 2.05) is 12.2 Å². The van der Waals surface area contributed by atoms with Crippen molar-refractivity contribution in [3.05, 3.63) is 71.6 Å². The summed E-state index contributed by atoms with van der Waals surface area (Å²) in [4.78, 5) is 95.2. The van der Waals surface area contributed by atoms with Gasteiger partial charge in [-0.1, -0.05) is 56.4 Å². The average molecular weight is 877 g/mol. The van der Waals surface area contributed by atoms with Crippen LogP contribution in [0.4, 0.5) is 9.18 Å². The lowest BCUT2D eigenvalue weighted by Crippen LogP contribution is -2.60. The topological polar surface area (TPSA) is 226 Å². The Bertz CT molecular complexity index is 2220. The van der Waals surface area contributed by atoms with Crippen LogP contribution in [0.5, 0.6) is 0 Å². The lowest BCUT2D eigenvalue weighted by atomic mass is 9.83. The molecule has 4 N–H and O–H groups in total. The Hall–Kier alpha value is -5.46. The number of fused-ring (bicyclic) bond motifs is 3. The number of aromatic nitrogens is 2. The molecular formula is C43H53FN8O9S. The van der Waals surface area contributed by atoms with Crippen molar-refractivity contribution in [1.29, 1.82) is 0 Å². The maximum absolute atomic E-state index is 14.9. The number of rotatable bonds is 9. The van der Waals surface area contributed by atoms with E-state index in [-0.39, 0.29) is 50.5 Å². The third-order valence-electron chi connectivity index (χ3n) is 13.1. The minimum Gasteiger partial charge on any atom is -0.444 e. The fraction of sp³-hybridized carbons (Fsp3) is 0.581. The zero-order valence-corrected chi connectivity index (χ0v) is 35.2. The number of sulfonamides is 1. The lowest BCUT2D eigenvalue weighted by molar-refractivity contribution is -0.143. The van der Waals surface area contributed by atoms with Gasteiger partial charge in [0.25, 0.3) is 11.8 Å². The van der Waals surface area contributed by atoms with E-state index in [4.69, 9.17) is 4.74 Å². The molecule has 3 aliphatic carbocycles. The number of allylic oxidation sites excluding steroid dienone is 1. The predicted molar refractivity (Wildman–Crippen MR) is 219 cm³/mol. The number of nitrogens with one attached hydrogen (secondary N) is 4. The Morgan fingerprint density at radius 3 is 2.48 bits per heavy atom. The Morgan fingerprint density at radius 2 is 1.74 bits per heavy atom. The molecule has 2 aromatic rings. The number of halogens is 1. The highest BCUT2D eigenvalue weighted by atomic mass is 32.2. The fourth-order valence-electron chi connectivity index (χ4n) is 9.33. The number of benzene rings is 1. The summed E-state index contributed by atoms with van der Waals surface area (Å²) in [5.41, 5.74) is -0.568. The monoisotopic (exact) mass is 876 g/mol. The quantitative estimate of drug-likeness (QED) is 0.268. The smallest absolute Gasteiger partial charge is 0.410 e. The van der Waals surface area contributed by atoms with Crippen LogP contribution >= 0.6 is 0 Å². The summed E-state index contributed by atoms with van der Waals surface area (Å²) < 4.78 is 48.5. The van der Waals surface area contributed by atoms with Crippen LogP contribution in [0, 0.1) is 17.7 Å². The molecule has 19 heteroatoms. The van der Waals surface area contributed by atoms with Crippen molar-refractivity contribution in [1.82, 2.24) is 40.4 Å². The highest BCUT2D eigenvalue weighted by Gasteiger charge is 2.62. The van der Waals surface area contributed by atoms with Gasteiger partial charge < -0.3 is 25.6 Å². The molecular weight excluding hydrogens is 824 g/mol. The van der Waals surface area contributed by atoms with Gasteiger partial charge in [-0.3, -0.25) is 38.6 Å². The molecule has 332 valence electrons. The van der Waals surface area contributed by atoms with Gasteiger partial charge in [0.2, 0.25) is 27.7 Å². The van der Waals surface area contributed by atoms with E-state index in [9.17, 15) is 41.6 Å². The summed E-state index contributed by atoms with van der Waals surface area (Å²) in [5, 5.41) is 7.92. The highest BCUT2D eigenvalue weighted by Crippen LogP contribution is 2.46. The number of ether oxygens (including phenoxy) is 1. The Morgan fingerprint density at radius 1 is 0.968 bits per heavy atom. The van der Waals surface area contributed by atoms with Crippen molar-refractivity contribution in [2.75, 3.05) is 6.54 Å². The van der Waals surface area contributed by atoms with Gasteiger partial charge in [0.1, 0.15) is 41.3 Å². The van der Waals surface area contributed by atoms with Crippen LogP contribution in [0.3, 0.4) is 0 Å². The first-order chi connectivity index (χ1) is 29.8. The number of carbonyl (C=O) groups is 6. The highest BCUT2D eigenvalue weighted by molar-refractivity contribution is 7.91. The zero-order valence-electron chi connectivity index (χ0n) is 34.4. The Labute approximate surface area is 359 Å². The van der Waals surface area contributed by atoms with Crippen molar-refractivity contribution in [2.24, 2.45) is 11.8 Å². The van der Waals surface area contributed by atoms with Crippen LogP contribution in [-0.4, -0.2) is 105 Å². The molecule has 0 spiro atoms. The fourth-order valence-corrected chi connectivity index (χ4v) is 10.7. The molecule has 1 unspecified atom stereocenters. The molecule has 3 saturated carbocycles. The standard InChI is InChI=1S/C43H53FN8O9S/c44-32-14-9-12-27-23-51(25-31(27)32)42(58)61-29-20-35-38(54)49-43(41(57)50-62(59,60)30-16-17-30)21-28(43)13-7-2-1-3-8-15-33(40(56)52(35)24-29)47-39(55)36(26-10-5-4-6-11-26)48-37(53)34-22-45-18-19-46-34/h7,9,12-14,18-19,22,26,28-30,33,35-36H,1-6,8,10-11,15-17,20-21,23-25H2,(H,47,55)(H,48,53)(H,49,54)(H,50,57)/b13-7-/t28-,29+,33-,35?,36-,43+/m0/s1. The van der Waals surface area contributed by atoms with Crippen LogP contribution in [0.15, 0.2) is 48.9 Å². The summed E-state index contributed by atoms with van der Waals surface area (Å²) in [6, 6.07) is 1.14. The lowest BCUT2D eigenvalue weighted by Gasteiger charge is -2.33. The predicted octanol–water partition coefficient (Wildman–Crippen LogP) is 2.90. The van der Waals surface area contributed by atoms with Gasteiger partial charge in [-0.25, -0.2) is 22.6 Å². The Balaban J connectivity index is 1.06. The van der Waals surface area contributed by atoms with Gasteiger partial charge in [-0.2, -0.15) is 0 Å². The summed E-state index contributed by atoms with van der Waals surface area (Å²) in [7, 11) is -3.97. The van der Waals surface area contributed by atoms with E-state index >= 15 is 0 Å². The second kappa shape index (κ2) is 18.1. The molecule has 6 aliphatic rings. The van der Waals surface area contributed by atoms with Crippen LogP contribution in [0.1, 0.15) is 112 Å². The second-order valence-electron chi connectivity index (χ2n) is 17.5. The van der Waals surface area contributed by atoms with Gasteiger partial charge >= 0.3 is 6.09 Å². The second-order valence-corrected chi connectivity index (χ2v) is 19.5. The van der Waals surface area contributed by atoms with Crippen molar-refractivity contribution in [3.8, 4) is 0 Å². The van der Waals surface area contributed by atoms with Crippen molar-refractivity contribution >= 4 is 45.7 Å². The number of hydrogen-bond acceptors (Lipinski definition) is 11. The molecule has 3 aliphatic heterocycles. The molecule has 4 heterocycles. The first kappa shape index (κ1) is 43.2. The molecule has 6 amide bonds. The van der Waals surface area contributed by atoms with Crippen LogP contribution < -0.4 is 20.7 Å². The average Bonchev–Trinajstić information content (AvgIpc) is 4.15. The van der Waals surface area contributed by atoms with Crippen LogP contribution in [-0.2, 0) is 47.0 Å². The van der Waals surface area contributed by atoms with Gasteiger partial charge in [0, 0.05) is 36.8 Å². The van der Waals surface area contributed by atoms with Crippen LogP contribution in [0.25, 0.3) is 0 Å². The van der Waals surface area contributed by atoms with E-state index in [2.05, 4.69) is 30.6 Å². The van der Waals surface area contributed by atoms with E-state index in [0.29, 0.717) is 62.5 Å². The van der Waals surface area contributed by atoms with E-state index in [1.54, 1.807) is 12.1 Å². The molecule has 62 heavy (non-hydrogen) atoms. The van der Waals surface area contributed by atoms with Gasteiger partial charge in [-0.05, 0) is 68.9 Å². The Kier molecular flexibility index (Phi) is 12.6. The molecule has 1 aromatic heterocycles. The molecule has 8 rings (SSSR count). The largest absolute Gasteiger partial charge is 0.444 e. The normalized spacial score (nSPS) is 27.8. The summed E-state index contributed by atoms with van der Waals surface area (Å²) in [6.07, 6.45) is 13.7. The van der Waals surface area contributed by atoms with E-state index in [0.717, 1.165) is 19.3 Å². The van der Waals surface area contributed by atoms with Gasteiger partial charge in [0.15, 0.2) is 0 Å². The molecule has 1 aromatic carbocycles. The molecule has 17 nitrogen and oxygen atoms in total. The molecule has 1 saturated heterocycles. The SMILES string of the molecule is O=C(N[C@H](C(=O)N[C@H]1CCCCC/C=C\[C@H]2C[C@@]2(C(=O)NS(=O)(=O)C2CC2)NC(=O)C2C[C@@H](OC(=O)N3Cc4cccc(F)c4C3)CN2C1=O)C1CCCCC1)c1cnccn1. The summed E-state index contributed by atoms with van der Waals surface area (Å²) in [6.45, 7) is -0.163. The van der Waals surface area contributed by atoms with Crippen molar-refractivity contribution in [2.45, 2.75) is 138 Å². The number of carbonyl (C=O) groups excluding carboxylic acids is 6. The zero-order chi connectivity index (χ0) is 43.6. The van der Waals surface area contributed by atoms with E-state index in [1.165, 1.54) is 34.5 Å². The number of amides is 6. The van der Waals surface area contributed by atoms with Gasteiger partial charge in [0.05, 0.1) is 24.5 Å². The molecule has 6 atom stereocenters. The van der Waals surface area contributed by atoms with Crippen molar-refractivity contribution in [3.63, 3.8) is 0 Å². The first-order valence-corrected chi connectivity index (χ1v) is 23.3. The molecule has 0 bridgehead atoms. The minimum atomic E-state index is -3.97. The molecule has 0 radical (unpaired) electrons. The van der Waals surface area contributed by atoms with Gasteiger partial charge in [-0.15, -0.1) is 0 Å². The maximum atomic E-state index is 14.9. The maximum Gasteiger partial charge on any atom is 0.410 e. The minimum absolute atomic E-state index is 0.0277. The van der Waals surface area contributed by atoms with E-state index < -0.39 is 92.4 Å². The first-order valence-electron chi connectivity index (χ1n) is 21.8. The summed E-state index contributed by atoms with van der Waals surface area (Å²) >= 11 is 0. The summed E-state index contributed by atoms with van der Waals surface area (Å²) in [5.74, 6) is -4.56. The third kappa shape index (κ3) is 9.46. The van der Waals surface area contributed by atoms with Crippen molar-refractivity contribution < 1.29 is 46.3 Å². The van der Waals surface area contributed by atoms with Crippen LogP contribution in [0.2, 0.25) is 0 Å². The number of hydrogen-bond donors (Lipinski definition) is 4. The number of nitrogens with zero attached hydrogens (tertiary/aromatic N) is 4. The molecule has 4 fully saturated rings.